The zero-order valence-electron chi connectivity index (χ0n) is 11.3. The van der Waals surface area contributed by atoms with Gasteiger partial charge in [-0.2, -0.15) is 4.31 Å². The van der Waals surface area contributed by atoms with E-state index in [9.17, 15) is 8.42 Å². The van der Waals surface area contributed by atoms with E-state index in [0.29, 0.717) is 5.02 Å². The van der Waals surface area contributed by atoms with Gasteiger partial charge in [-0.3, -0.25) is 10.8 Å². The summed E-state index contributed by atoms with van der Waals surface area (Å²) in [5.74, 6) is 5.34. The number of nitrogens with one attached hydrogen (secondary N) is 1. The van der Waals surface area contributed by atoms with E-state index in [-0.39, 0.29) is 17.1 Å². The van der Waals surface area contributed by atoms with Crippen molar-refractivity contribution in [3.8, 4) is 0 Å². The molecule has 0 bridgehead atoms. The Labute approximate surface area is 128 Å². The van der Waals surface area contributed by atoms with E-state index in [2.05, 4.69) is 10.4 Å². The minimum atomic E-state index is -3.73. The molecule has 3 N–H and O–H groups in total. The minimum Gasteiger partial charge on any atom is -0.323 e. The number of hydrogen-bond acceptors (Lipinski definition) is 5. The van der Waals surface area contributed by atoms with Crippen LogP contribution in [0, 0.1) is 0 Å². The molecule has 2 aromatic rings. The van der Waals surface area contributed by atoms with Crippen molar-refractivity contribution in [3.63, 3.8) is 0 Å². The number of halogens is 1. The van der Waals surface area contributed by atoms with E-state index in [1.807, 2.05) is 0 Å². The van der Waals surface area contributed by atoms with Gasteiger partial charge in [0.1, 0.15) is 4.90 Å². The van der Waals surface area contributed by atoms with Crippen LogP contribution in [0.15, 0.2) is 47.6 Å². The van der Waals surface area contributed by atoms with E-state index in [1.165, 1.54) is 29.8 Å². The van der Waals surface area contributed by atoms with Crippen LogP contribution in [0.3, 0.4) is 0 Å². The van der Waals surface area contributed by atoms with Crippen molar-refractivity contribution < 1.29 is 8.42 Å². The molecule has 0 spiro atoms. The number of anilines is 1. The van der Waals surface area contributed by atoms with E-state index in [4.69, 9.17) is 17.4 Å². The first kappa shape index (κ1) is 15.7. The van der Waals surface area contributed by atoms with Crippen molar-refractivity contribution in [1.82, 2.24) is 9.29 Å². The molecule has 6 nitrogen and oxygen atoms in total. The smallest absolute Gasteiger partial charge is 0.246 e. The van der Waals surface area contributed by atoms with Crippen LogP contribution < -0.4 is 11.3 Å². The second-order valence-electron chi connectivity index (χ2n) is 4.37. The monoisotopic (exact) mass is 326 g/mol. The van der Waals surface area contributed by atoms with Gasteiger partial charge in [-0.1, -0.05) is 29.8 Å². The van der Waals surface area contributed by atoms with Crippen LogP contribution in [0.4, 0.5) is 5.69 Å². The predicted molar refractivity (Wildman–Crippen MR) is 82.2 cm³/mol. The molecular formula is C13H15ClN4O2S. The van der Waals surface area contributed by atoms with Crippen LogP contribution in [0.2, 0.25) is 5.02 Å². The highest BCUT2D eigenvalue weighted by Crippen LogP contribution is 2.24. The van der Waals surface area contributed by atoms with E-state index < -0.39 is 10.0 Å². The summed E-state index contributed by atoms with van der Waals surface area (Å²) in [5.41, 5.74) is 3.37. The molecule has 0 saturated heterocycles. The van der Waals surface area contributed by atoms with Gasteiger partial charge in [0.2, 0.25) is 10.0 Å². The summed E-state index contributed by atoms with van der Waals surface area (Å²) in [7, 11) is -2.25. The predicted octanol–water partition coefficient (Wildman–Crippen LogP) is 1.84. The van der Waals surface area contributed by atoms with Crippen LogP contribution in [0.1, 0.15) is 5.56 Å². The lowest BCUT2D eigenvalue weighted by atomic mass is 10.2. The summed E-state index contributed by atoms with van der Waals surface area (Å²) < 4.78 is 26.4. The van der Waals surface area contributed by atoms with Crippen LogP contribution in [-0.2, 0) is 16.6 Å². The molecule has 2 rings (SSSR count). The maximum Gasteiger partial charge on any atom is 0.246 e. The van der Waals surface area contributed by atoms with Gasteiger partial charge >= 0.3 is 0 Å². The molecule has 0 atom stereocenters. The zero-order valence-corrected chi connectivity index (χ0v) is 12.9. The van der Waals surface area contributed by atoms with E-state index >= 15 is 0 Å². The maximum atomic E-state index is 12.6. The molecule has 0 unspecified atom stereocenters. The fourth-order valence-electron chi connectivity index (χ4n) is 1.82. The maximum absolute atomic E-state index is 12.6. The summed E-state index contributed by atoms with van der Waals surface area (Å²) >= 11 is 6.06. The molecule has 0 aliphatic heterocycles. The number of pyridine rings is 1. The number of benzene rings is 1. The summed E-state index contributed by atoms with van der Waals surface area (Å²) in [6.07, 6.45) is 2.72. The molecule has 8 heteroatoms. The first-order chi connectivity index (χ1) is 9.96. The normalized spacial score (nSPS) is 11.6. The van der Waals surface area contributed by atoms with Gasteiger partial charge in [0.15, 0.2) is 0 Å². The Bertz CT molecular complexity index is 736. The van der Waals surface area contributed by atoms with Crippen molar-refractivity contribution in [2.45, 2.75) is 11.4 Å². The standard InChI is InChI=1S/C13H15ClN4O2S/c1-18(9-10-4-2-3-5-11(10)14)21(19,20)13-8-16-7-6-12(13)17-15/h2-8H,9,15H2,1H3,(H,16,17). The largest absolute Gasteiger partial charge is 0.323 e. The average Bonchev–Trinajstić information content (AvgIpc) is 2.49. The van der Waals surface area contributed by atoms with Gasteiger partial charge in [0.25, 0.3) is 0 Å². The molecule has 1 heterocycles. The Balaban J connectivity index is 2.33. The molecule has 112 valence electrons. The molecule has 0 saturated carbocycles. The van der Waals surface area contributed by atoms with Crippen molar-refractivity contribution >= 4 is 27.3 Å². The number of sulfonamides is 1. The van der Waals surface area contributed by atoms with Crippen LogP contribution in [-0.4, -0.2) is 24.8 Å². The lowest BCUT2D eigenvalue weighted by molar-refractivity contribution is 0.467. The van der Waals surface area contributed by atoms with Crippen LogP contribution >= 0.6 is 11.6 Å². The van der Waals surface area contributed by atoms with E-state index in [1.54, 1.807) is 24.3 Å². The van der Waals surface area contributed by atoms with Crippen molar-refractivity contribution in [2.75, 3.05) is 12.5 Å². The van der Waals surface area contributed by atoms with Gasteiger partial charge in [-0.15, -0.1) is 0 Å². The molecule has 0 aliphatic carbocycles. The Morgan fingerprint density at radius 2 is 2.05 bits per heavy atom. The summed E-state index contributed by atoms with van der Waals surface area (Å²) in [6.45, 7) is 0.154. The fourth-order valence-corrected chi connectivity index (χ4v) is 3.26. The Morgan fingerprint density at radius 3 is 2.71 bits per heavy atom. The highest BCUT2D eigenvalue weighted by Gasteiger charge is 2.24. The third-order valence-corrected chi connectivity index (χ3v) is 5.18. The second-order valence-corrected chi connectivity index (χ2v) is 6.79. The molecule has 0 amide bonds. The number of hydrazine groups is 1. The first-order valence-corrected chi connectivity index (χ1v) is 7.89. The van der Waals surface area contributed by atoms with Crippen molar-refractivity contribution in [3.05, 3.63) is 53.3 Å². The molecular weight excluding hydrogens is 312 g/mol. The Morgan fingerprint density at radius 1 is 1.33 bits per heavy atom. The van der Waals surface area contributed by atoms with Gasteiger partial charge in [-0.25, -0.2) is 8.42 Å². The molecule has 21 heavy (non-hydrogen) atoms. The number of hydrogen-bond donors (Lipinski definition) is 2. The minimum absolute atomic E-state index is 0.0158. The Hall–Kier alpha value is -1.67. The first-order valence-electron chi connectivity index (χ1n) is 6.07. The highest BCUT2D eigenvalue weighted by molar-refractivity contribution is 7.89. The van der Waals surface area contributed by atoms with Gasteiger partial charge in [0.05, 0.1) is 5.69 Å². The summed E-state index contributed by atoms with van der Waals surface area (Å²) in [6, 6.07) is 8.58. The highest BCUT2D eigenvalue weighted by atomic mass is 35.5. The number of nitrogens with two attached hydrogens (primary N) is 1. The molecule has 1 aromatic carbocycles. The average molecular weight is 327 g/mol. The van der Waals surface area contributed by atoms with Gasteiger partial charge < -0.3 is 5.43 Å². The summed E-state index contributed by atoms with van der Waals surface area (Å²) in [5, 5.41) is 0.517. The van der Waals surface area contributed by atoms with Gasteiger partial charge in [0, 0.05) is 31.0 Å². The lowest BCUT2D eigenvalue weighted by Crippen LogP contribution is -2.28. The number of nitrogens with zero attached hydrogens (tertiary/aromatic N) is 2. The van der Waals surface area contributed by atoms with Crippen molar-refractivity contribution in [2.24, 2.45) is 5.84 Å². The zero-order chi connectivity index (χ0) is 15.5. The quantitative estimate of drug-likeness (QED) is 0.646. The Kier molecular flexibility index (Phi) is 4.79. The molecule has 0 fully saturated rings. The summed E-state index contributed by atoms with van der Waals surface area (Å²) in [4.78, 5) is 3.85. The third-order valence-electron chi connectivity index (χ3n) is 2.98. The topological polar surface area (TPSA) is 88.3 Å². The van der Waals surface area contributed by atoms with E-state index in [0.717, 1.165) is 5.56 Å². The van der Waals surface area contributed by atoms with Crippen LogP contribution in [0.25, 0.3) is 0 Å². The SMILES string of the molecule is CN(Cc1ccccc1Cl)S(=O)(=O)c1cnccc1NN. The third kappa shape index (κ3) is 3.33. The number of rotatable bonds is 5. The molecule has 1 aromatic heterocycles. The van der Waals surface area contributed by atoms with Crippen LogP contribution in [0.5, 0.6) is 0 Å². The second kappa shape index (κ2) is 6.40. The molecule has 0 aliphatic rings. The number of aromatic nitrogens is 1. The molecule has 0 radical (unpaired) electrons. The number of nitrogen functional groups attached to an aromatic ring is 1. The van der Waals surface area contributed by atoms with Gasteiger partial charge in [-0.05, 0) is 17.7 Å². The fraction of sp³-hybridized carbons (Fsp3) is 0.154. The van der Waals surface area contributed by atoms with Crippen molar-refractivity contribution in [1.29, 1.82) is 0 Å². The lowest BCUT2D eigenvalue weighted by Gasteiger charge is -2.19.